The lowest BCUT2D eigenvalue weighted by molar-refractivity contribution is 0.0661. The molecule has 0 aromatic heterocycles. The minimum Gasteiger partial charge on any atom is -0.383 e. The third-order valence-corrected chi connectivity index (χ3v) is 3.68. The molecule has 0 aromatic rings. The first kappa shape index (κ1) is 15.9. The van der Waals surface area contributed by atoms with Gasteiger partial charge in [0.25, 0.3) is 0 Å². The van der Waals surface area contributed by atoms with Crippen molar-refractivity contribution in [1.82, 2.24) is 4.90 Å². The van der Waals surface area contributed by atoms with Gasteiger partial charge in [-0.3, -0.25) is 4.90 Å². The molecule has 2 atom stereocenters. The minimum absolute atomic E-state index is 0.532. The van der Waals surface area contributed by atoms with E-state index in [9.17, 15) is 0 Å². The molecular formula is C13H30N2O. The van der Waals surface area contributed by atoms with Gasteiger partial charge in [0.2, 0.25) is 0 Å². The average molecular weight is 230 g/mol. The van der Waals surface area contributed by atoms with Crippen LogP contribution in [0.15, 0.2) is 0 Å². The Kier molecular flexibility index (Phi) is 8.90. The van der Waals surface area contributed by atoms with E-state index in [-0.39, 0.29) is 0 Å². The molecule has 0 rings (SSSR count). The molecule has 0 fully saturated rings. The average Bonchev–Trinajstić information content (AvgIpc) is 2.32. The second-order valence-corrected chi connectivity index (χ2v) is 4.65. The molecule has 0 saturated heterocycles. The van der Waals surface area contributed by atoms with E-state index < -0.39 is 0 Å². The van der Waals surface area contributed by atoms with Crippen LogP contribution in [0, 0.1) is 5.92 Å². The van der Waals surface area contributed by atoms with E-state index in [4.69, 9.17) is 10.5 Å². The van der Waals surface area contributed by atoms with Crippen molar-refractivity contribution in [2.45, 2.75) is 52.6 Å². The van der Waals surface area contributed by atoms with Gasteiger partial charge in [0.1, 0.15) is 0 Å². The van der Waals surface area contributed by atoms with E-state index in [2.05, 4.69) is 32.6 Å². The van der Waals surface area contributed by atoms with Crippen LogP contribution in [0.4, 0.5) is 0 Å². The van der Waals surface area contributed by atoms with Crippen molar-refractivity contribution >= 4 is 0 Å². The van der Waals surface area contributed by atoms with E-state index in [0.717, 1.165) is 19.7 Å². The normalized spacial score (nSPS) is 15.8. The van der Waals surface area contributed by atoms with E-state index in [1.54, 1.807) is 7.11 Å². The molecule has 0 aliphatic carbocycles. The first-order chi connectivity index (χ1) is 7.62. The number of nitrogens with zero attached hydrogens (tertiary/aromatic N) is 1. The van der Waals surface area contributed by atoms with E-state index >= 15 is 0 Å². The number of methoxy groups -OCH3 is 1. The van der Waals surface area contributed by atoms with Crippen LogP contribution in [0.25, 0.3) is 0 Å². The predicted molar refractivity (Wildman–Crippen MR) is 70.6 cm³/mol. The molecule has 0 aliphatic heterocycles. The summed E-state index contributed by atoms with van der Waals surface area (Å²) in [5.74, 6) is 0.539. The Hall–Kier alpha value is -0.120. The van der Waals surface area contributed by atoms with E-state index in [0.29, 0.717) is 18.0 Å². The fourth-order valence-electron chi connectivity index (χ4n) is 2.20. The second kappa shape index (κ2) is 8.97. The van der Waals surface area contributed by atoms with Gasteiger partial charge in [0.15, 0.2) is 0 Å². The van der Waals surface area contributed by atoms with Crippen molar-refractivity contribution < 1.29 is 4.74 Å². The lowest BCUT2D eigenvalue weighted by Crippen LogP contribution is -2.47. The molecule has 3 nitrogen and oxygen atoms in total. The van der Waals surface area contributed by atoms with Gasteiger partial charge in [-0.1, -0.05) is 20.8 Å². The molecule has 0 saturated carbocycles. The number of nitrogens with two attached hydrogens (primary N) is 1. The van der Waals surface area contributed by atoms with Gasteiger partial charge in [-0.05, 0) is 32.2 Å². The Morgan fingerprint density at radius 3 is 2.12 bits per heavy atom. The SMILES string of the molecule is CCC(CC)N(CCOC)C(C)C(C)CN. The molecule has 0 aromatic carbocycles. The highest BCUT2D eigenvalue weighted by molar-refractivity contribution is 4.79. The largest absolute Gasteiger partial charge is 0.383 e. The lowest BCUT2D eigenvalue weighted by Gasteiger charge is -2.38. The van der Waals surface area contributed by atoms with Crippen molar-refractivity contribution in [2.24, 2.45) is 11.7 Å². The van der Waals surface area contributed by atoms with Crippen LogP contribution >= 0.6 is 0 Å². The summed E-state index contributed by atoms with van der Waals surface area (Å²) in [6.07, 6.45) is 2.39. The van der Waals surface area contributed by atoms with Gasteiger partial charge in [-0.15, -0.1) is 0 Å². The Bertz CT molecular complexity index is 160. The third kappa shape index (κ3) is 4.81. The van der Waals surface area contributed by atoms with Crippen LogP contribution in [0.3, 0.4) is 0 Å². The summed E-state index contributed by atoms with van der Waals surface area (Å²) in [5.41, 5.74) is 5.76. The van der Waals surface area contributed by atoms with Crippen LogP contribution < -0.4 is 5.73 Å². The summed E-state index contributed by atoms with van der Waals surface area (Å²) in [6.45, 7) is 11.6. The maximum Gasteiger partial charge on any atom is 0.0589 e. The topological polar surface area (TPSA) is 38.5 Å². The summed E-state index contributed by atoms with van der Waals surface area (Å²) < 4.78 is 5.20. The molecule has 2 unspecified atom stereocenters. The predicted octanol–water partition coefficient (Wildman–Crippen LogP) is 2.11. The summed E-state index contributed by atoms with van der Waals surface area (Å²) in [4.78, 5) is 2.56. The third-order valence-electron chi connectivity index (χ3n) is 3.68. The number of ether oxygens (including phenoxy) is 1. The summed E-state index contributed by atoms with van der Waals surface area (Å²) in [6, 6.07) is 1.18. The summed E-state index contributed by atoms with van der Waals surface area (Å²) in [7, 11) is 1.77. The zero-order valence-corrected chi connectivity index (χ0v) is 11.7. The zero-order valence-electron chi connectivity index (χ0n) is 11.7. The van der Waals surface area contributed by atoms with Crippen molar-refractivity contribution in [3.8, 4) is 0 Å². The fourth-order valence-corrected chi connectivity index (χ4v) is 2.20. The van der Waals surface area contributed by atoms with E-state index in [1.807, 2.05) is 0 Å². The van der Waals surface area contributed by atoms with Gasteiger partial charge >= 0.3 is 0 Å². The van der Waals surface area contributed by atoms with Crippen LogP contribution in [-0.2, 0) is 4.74 Å². The first-order valence-electron chi connectivity index (χ1n) is 6.56. The molecule has 0 aliphatic rings. The molecule has 0 heterocycles. The standard InChI is InChI=1S/C13H30N2O/c1-6-13(7-2)15(8-9-16-5)12(4)11(3)10-14/h11-13H,6-10,14H2,1-5H3. The van der Waals surface area contributed by atoms with Crippen LogP contribution in [0.1, 0.15) is 40.5 Å². The molecule has 16 heavy (non-hydrogen) atoms. The number of rotatable bonds is 9. The lowest BCUT2D eigenvalue weighted by atomic mass is 9.98. The molecule has 0 radical (unpaired) electrons. The Morgan fingerprint density at radius 2 is 1.75 bits per heavy atom. The van der Waals surface area contributed by atoms with Crippen molar-refractivity contribution in [1.29, 1.82) is 0 Å². The molecule has 3 heteroatoms. The highest BCUT2D eigenvalue weighted by Gasteiger charge is 2.24. The molecule has 0 bridgehead atoms. The molecule has 98 valence electrons. The Morgan fingerprint density at radius 1 is 1.19 bits per heavy atom. The van der Waals surface area contributed by atoms with Gasteiger partial charge < -0.3 is 10.5 Å². The smallest absolute Gasteiger partial charge is 0.0589 e. The monoisotopic (exact) mass is 230 g/mol. The maximum absolute atomic E-state index is 5.76. The van der Waals surface area contributed by atoms with Gasteiger partial charge in [-0.2, -0.15) is 0 Å². The summed E-state index contributed by atoms with van der Waals surface area (Å²) in [5, 5.41) is 0. The van der Waals surface area contributed by atoms with Crippen LogP contribution in [-0.4, -0.2) is 43.8 Å². The first-order valence-corrected chi connectivity index (χ1v) is 6.56. The highest BCUT2D eigenvalue weighted by atomic mass is 16.5. The fraction of sp³-hybridized carbons (Fsp3) is 1.00. The van der Waals surface area contributed by atoms with Gasteiger partial charge in [0.05, 0.1) is 6.61 Å². The summed E-state index contributed by atoms with van der Waals surface area (Å²) >= 11 is 0. The van der Waals surface area contributed by atoms with Crippen LogP contribution in [0.5, 0.6) is 0 Å². The quantitative estimate of drug-likeness (QED) is 0.659. The zero-order chi connectivity index (χ0) is 12.6. The van der Waals surface area contributed by atoms with Crippen molar-refractivity contribution in [3.63, 3.8) is 0 Å². The molecule has 2 N–H and O–H groups in total. The molecular weight excluding hydrogens is 200 g/mol. The van der Waals surface area contributed by atoms with Crippen molar-refractivity contribution in [2.75, 3.05) is 26.8 Å². The van der Waals surface area contributed by atoms with Crippen molar-refractivity contribution in [3.05, 3.63) is 0 Å². The number of hydrogen-bond donors (Lipinski definition) is 1. The second-order valence-electron chi connectivity index (χ2n) is 4.65. The van der Waals surface area contributed by atoms with Crippen LogP contribution in [0.2, 0.25) is 0 Å². The molecule has 0 amide bonds. The number of hydrogen-bond acceptors (Lipinski definition) is 3. The highest BCUT2D eigenvalue weighted by Crippen LogP contribution is 2.17. The van der Waals surface area contributed by atoms with E-state index in [1.165, 1.54) is 12.8 Å². The Labute approximate surface area is 101 Å². The van der Waals surface area contributed by atoms with Gasteiger partial charge in [-0.25, -0.2) is 0 Å². The maximum atomic E-state index is 5.76. The molecule has 0 spiro atoms. The Balaban J connectivity index is 4.49. The minimum atomic E-state index is 0.532. The van der Waals surface area contributed by atoms with Gasteiger partial charge in [0, 0.05) is 25.7 Å².